The van der Waals surface area contributed by atoms with Gasteiger partial charge in [-0.15, -0.1) is 0 Å². The number of ether oxygens (including phenoxy) is 1. The SMILES string of the molecule is Nc1nc2cc(-c3nc4cc(NCC5CC5)cc5c4n3CCCO5)cc(C(F)(F)F)c2o1.O=CO. The van der Waals surface area contributed by atoms with Crippen LogP contribution in [0.1, 0.15) is 24.8 Å². The molecule has 0 spiro atoms. The molecule has 0 radical (unpaired) electrons. The Kier molecular flexibility index (Phi) is 5.65. The number of carboxylic acid groups (broad SMARTS) is 1. The van der Waals surface area contributed by atoms with Gasteiger partial charge in [0.25, 0.3) is 12.5 Å². The predicted octanol–water partition coefficient (Wildman–Crippen LogP) is 4.75. The van der Waals surface area contributed by atoms with Crippen molar-refractivity contribution in [2.45, 2.75) is 32.0 Å². The molecule has 0 bridgehead atoms. The molecule has 2 aromatic carbocycles. The van der Waals surface area contributed by atoms with Crippen LogP contribution in [0.15, 0.2) is 28.7 Å². The van der Waals surface area contributed by atoms with Gasteiger partial charge in [0.2, 0.25) is 0 Å². The van der Waals surface area contributed by atoms with E-state index in [1.54, 1.807) is 0 Å². The Morgan fingerprint density at radius 2 is 1.97 bits per heavy atom. The Balaban J connectivity index is 0.000000806. The molecule has 35 heavy (non-hydrogen) atoms. The quantitative estimate of drug-likeness (QED) is 0.350. The van der Waals surface area contributed by atoms with Crippen molar-refractivity contribution in [3.05, 3.63) is 29.8 Å². The molecular weight excluding hydrogens is 467 g/mol. The molecule has 1 aliphatic heterocycles. The first-order valence-electron chi connectivity index (χ1n) is 11.0. The highest BCUT2D eigenvalue weighted by Gasteiger charge is 2.36. The van der Waals surface area contributed by atoms with Crippen molar-refractivity contribution >= 4 is 40.3 Å². The molecule has 2 aliphatic rings. The van der Waals surface area contributed by atoms with E-state index < -0.39 is 11.7 Å². The third-order valence-electron chi connectivity index (χ3n) is 5.95. The van der Waals surface area contributed by atoms with Crippen molar-refractivity contribution in [3.8, 4) is 17.1 Å². The van der Waals surface area contributed by atoms with Gasteiger partial charge in [-0.2, -0.15) is 18.2 Å². The molecule has 0 saturated heterocycles. The summed E-state index contributed by atoms with van der Waals surface area (Å²) in [5.74, 6) is 1.81. The lowest BCUT2D eigenvalue weighted by molar-refractivity contribution is -0.136. The lowest BCUT2D eigenvalue weighted by Gasteiger charge is -2.11. The number of nitrogens with zero attached hydrogens (tertiary/aromatic N) is 3. The highest BCUT2D eigenvalue weighted by Crippen LogP contribution is 2.41. The minimum absolute atomic E-state index is 0.0454. The van der Waals surface area contributed by atoms with Gasteiger partial charge in [-0.3, -0.25) is 4.79 Å². The first kappa shape index (κ1) is 22.8. The van der Waals surface area contributed by atoms with E-state index in [-0.39, 0.29) is 23.6 Å². The average molecular weight is 489 g/mol. The first-order valence-corrected chi connectivity index (χ1v) is 11.0. The molecule has 0 atom stereocenters. The van der Waals surface area contributed by atoms with Crippen molar-refractivity contribution in [1.82, 2.24) is 14.5 Å². The number of aromatic nitrogens is 3. The minimum atomic E-state index is -4.63. The summed E-state index contributed by atoms with van der Waals surface area (Å²) in [6.45, 7) is 1.74. The zero-order valence-electron chi connectivity index (χ0n) is 18.4. The number of carbonyl (C=O) groups is 1. The molecule has 1 fully saturated rings. The second-order valence-electron chi connectivity index (χ2n) is 8.48. The highest BCUT2D eigenvalue weighted by molar-refractivity contribution is 5.91. The van der Waals surface area contributed by atoms with E-state index in [1.807, 2.05) is 16.7 Å². The van der Waals surface area contributed by atoms with Gasteiger partial charge in [-0.1, -0.05) is 0 Å². The number of hydrogen-bond acceptors (Lipinski definition) is 7. The Morgan fingerprint density at radius 1 is 1.20 bits per heavy atom. The molecule has 1 aliphatic carbocycles. The van der Waals surface area contributed by atoms with Crippen LogP contribution in [0.3, 0.4) is 0 Å². The fourth-order valence-corrected chi connectivity index (χ4v) is 4.26. The van der Waals surface area contributed by atoms with E-state index in [2.05, 4.69) is 10.3 Å². The predicted molar refractivity (Wildman–Crippen MR) is 122 cm³/mol. The topological polar surface area (TPSA) is 128 Å². The Bertz CT molecular complexity index is 1410. The third-order valence-corrected chi connectivity index (χ3v) is 5.95. The maximum absolute atomic E-state index is 13.8. The van der Waals surface area contributed by atoms with E-state index in [0.29, 0.717) is 48.1 Å². The zero-order chi connectivity index (χ0) is 24.7. The molecule has 4 N–H and O–H groups in total. The summed E-state index contributed by atoms with van der Waals surface area (Å²) in [6.07, 6.45) is -1.45. The lowest BCUT2D eigenvalue weighted by atomic mass is 10.1. The molecule has 0 unspecified atom stereocenters. The summed E-state index contributed by atoms with van der Waals surface area (Å²) < 4.78 is 54.2. The van der Waals surface area contributed by atoms with Crippen LogP contribution in [-0.4, -0.2) is 39.3 Å². The second-order valence-corrected chi connectivity index (χ2v) is 8.48. The number of imidazole rings is 1. The van der Waals surface area contributed by atoms with E-state index in [0.717, 1.165) is 23.8 Å². The second kappa shape index (κ2) is 8.67. The fourth-order valence-electron chi connectivity index (χ4n) is 4.26. The molecule has 184 valence electrons. The highest BCUT2D eigenvalue weighted by atomic mass is 19.4. The number of oxazole rings is 1. The van der Waals surface area contributed by atoms with Gasteiger partial charge in [0.05, 0.1) is 12.1 Å². The minimum Gasteiger partial charge on any atom is -0.491 e. The maximum atomic E-state index is 13.8. The van der Waals surface area contributed by atoms with Gasteiger partial charge in [0, 0.05) is 30.4 Å². The number of halogens is 3. The number of rotatable bonds is 4. The van der Waals surface area contributed by atoms with Gasteiger partial charge in [-0.25, -0.2) is 4.98 Å². The monoisotopic (exact) mass is 489 g/mol. The molecule has 9 nitrogen and oxygen atoms in total. The van der Waals surface area contributed by atoms with Gasteiger partial charge in [-0.05, 0) is 43.4 Å². The first-order chi connectivity index (χ1) is 16.8. The average Bonchev–Trinajstić information content (AvgIpc) is 3.49. The third kappa shape index (κ3) is 4.43. The van der Waals surface area contributed by atoms with Gasteiger partial charge in [0.15, 0.2) is 5.58 Å². The van der Waals surface area contributed by atoms with Gasteiger partial charge in [0.1, 0.15) is 28.2 Å². The van der Waals surface area contributed by atoms with E-state index in [4.69, 9.17) is 29.8 Å². The molecule has 2 aromatic heterocycles. The Hall–Kier alpha value is -3.96. The molecule has 4 aromatic rings. The van der Waals surface area contributed by atoms with Crippen LogP contribution in [0.5, 0.6) is 5.75 Å². The van der Waals surface area contributed by atoms with E-state index in [9.17, 15) is 13.2 Å². The van der Waals surface area contributed by atoms with Crippen LogP contribution in [0, 0.1) is 5.92 Å². The molecule has 3 heterocycles. The van der Waals surface area contributed by atoms with Crippen molar-refractivity contribution in [2.24, 2.45) is 5.92 Å². The van der Waals surface area contributed by atoms with Gasteiger partial charge < -0.3 is 29.9 Å². The number of nitrogens with one attached hydrogen (secondary N) is 1. The molecular formula is C23H22F3N5O4. The van der Waals surface area contributed by atoms with E-state index >= 15 is 0 Å². The summed E-state index contributed by atoms with van der Waals surface area (Å²) in [6, 6.07) is 6.15. The number of aryl methyl sites for hydroxylation is 1. The maximum Gasteiger partial charge on any atom is 0.420 e. The van der Waals surface area contributed by atoms with E-state index in [1.165, 1.54) is 18.9 Å². The number of hydrogen-bond donors (Lipinski definition) is 3. The van der Waals surface area contributed by atoms with Crippen LogP contribution in [0.25, 0.3) is 33.5 Å². The summed E-state index contributed by atoms with van der Waals surface area (Å²) in [5, 5.41) is 10.3. The zero-order valence-corrected chi connectivity index (χ0v) is 18.4. The van der Waals surface area contributed by atoms with Crippen LogP contribution >= 0.6 is 0 Å². The van der Waals surface area contributed by atoms with Crippen LogP contribution in [0.4, 0.5) is 24.9 Å². The number of nitrogens with two attached hydrogens (primary N) is 1. The Labute approximate surface area is 196 Å². The molecule has 1 saturated carbocycles. The molecule has 6 rings (SSSR count). The Morgan fingerprint density at radius 3 is 2.69 bits per heavy atom. The van der Waals surface area contributed by atoms with Crippen LogP contribution < -0.4 is 15.8 Å². The number of benzene rings is 2. The van der Waals surface area contributed by atoms with Gasteiger partial charge >= 0.3 is 6.18 Å². The van der Waals surface area contributed by atoms with Crippen LogP contribution in [-0.2, 0) is 17.5 Å². The van der Waals surface area contributed by atoms with Crippen molar-refractivity contribution in [3.63, 3.8) is 0 Å². The summed E-state index contributed by atoms with van der Waals surface area (Å²) in [4.78, 5) is 17.0. The van der Waals surface area contributed by atoms with Crippen molar-refractivity contribution < 1.29 is 32.2 Å². The number of nitrogen functional groups attached to an aromatic ring is 1. The standard InChI is InChI=1S/C22H20F3N5O2.CH2O2/c23-22(24,25)14-6-12(7-16-19(14)32-21(26)29-16)20-28-15-8-13(27-10-11-2-3-11)9-17-18(15)30(20)4-1-5-31-17;2-1-3/h6-9,11,27H,1-5,10H2,(H2,26,29);1H,(H,2,3). The number of anilines is 2. The van der Waals surface area contributed by atoms with Crippen molar-refractivity contribution in [1.29, 1.82) is 0 Å². The normalized spacial score (nSPS) is 15.3. The smallest absolute Gasteiger partial charge is 0.420 e. The number of alkyl halides is 3. The summed E-state index contributed by atoms with van der Waals surface area (Å²) in [7, 11) is 0. The molecule has 12 heteroatoms. The summed E-state index contributed by atoms with van der Waals surface area (Å²) >= 11 is 0. The molecule has 0 amide bonds. The fraction of sp³-hybridized carbons (Fsp3) is 0.348. The lowest BCUT2D eigenvalue weighted by Crippen LogP contribution is -2.07. The van der Waals surface area contributed by atoms with Crippen LogP contribution in [0.2, 0.25) is 0 Å². The number of fused-ring (bicyclic) bond motifs is 1. The largest absolute Gasteiger partial charge is 0.491 e. The summed E-state index contributed by atoms with van der Waals surface area (Å²) in [5.41, 5.74) is 6.94. The van der Waals surface area contributed by atoms with Crippen molar-refractivity contribution in [2.75, 3.05) is 24.2 Å².